The van der Waals surface area contributed by atoms with Gasteiger partial charge in [0.2, 0.25) is 5.13 Å². The first-order chi connectivity index (χ1) is 8.42. The van der Waals surface area contributed by atoms with E-state index in [-0.39, 0.29) is 0 Å². The Morgan fingerprint density at radius 1 is 1.24 bits per heavy atom. The van der Waals surface area contributed by atoms with E-state index >= 15 is 0 Å². The van der Waals surface area contributed by atoms with Gasteiger partial charge in [-0.1, -0.05) is 6.42 Å². The van der Waals surface area contributed by atoms with Crippen LogP contribution < -0.4 is 5.32 Å². The van der Waals surface area contributed by atoms with E-state index < -0.39 is 0 Å². The first-order valence-corrected chi connectivity index (χ1v) is 7.49. The molecule has 0 unspecified atom stereocenters. The van der Waals surface area contributed by atoms with Crippen LogP contribution in [0.15, 0.2) is 0 Å². The third-order valence-electron chi connectivity index (χ3n) is 3.54. The van der Waals surface area contributed by atoms with Crippen LogP contribution in [-0.2, 0) is 0 Å². The van der Waals surface area contributed by atoms with Crippen molar-refractivity contribution in [2.75, 3.05) is 31.5 Å². The van der Waals surface area contributed by atoms with E-state index in [1.54, 1.807) is 0 Å². The first kappa shape index (κ1) is 11.4. The second-order valence-corrected chi connectivity index (χ2v) is 5.81. The molecule has 2 fully saturated rings. The molecule has 5 heteroatoms. The van der Waals surface area contributed by atoms with Gasteiger partial charge in [-0.05, 0) is 38.8 Å². The molecule has 0 amide bonds. The van der Waals surface area contributed by atoms with Crippen LogP contribution in [0.2, 0.25) is 0 Å². The van der Waals surface area contributed by atoms with Crippen LogP contribution in [0.1, 0.15) is 43.8 Å². The minimum Gasteiger partial charge on any atom is -0.359 e. The average molecular weight is 252 g/mol. The summed E-state index contributed by atoms with van der Waals surface area (Å²) in [6.07, 6.45) is 6.70. The van der Waals surface area contributed by atoms with Gasteiger partial charge in [-0.15, -0.1) is 0 Å². The highest BCUT2D eigenvalue weighted by molar-refractivity contribution is 7.09. The average Bonchev–Trinajstić information content (AvgIpc) is 3.11. The van der Waals surface area contributed by atoms with Crippen molar-refractivity contribution >= 4 is 16.7 Å². The molecule has 0 atom stereocenters. The fourth-order valence-electron chi connectivity index (χ4n) is 2.32. The van der Waals surface area contributed by atoms with Crippen LogP contribution in [-0.4, -0.2) is 40.4 Å². The highest BCUT2D eigenvalue weighted by Crippen LogP contribution is 2.39. The Labute approximate surface area is 107 Å². The molecule has 94 valence electrons. The Kier molecular flexibility index (Phi) is 3.57. The van der Waals surface area contributed by atoms with Crippen LogP contribution in [0.5, 0.6) is 0 Å². The number of nitrogens with one attached hydrogen (secondary N) is 1. The Morgan fingerprint density at radius 3 is 2.82 bits per heavy atom. The molecule has 2 heterocycles. The quantitative estimate of drug-likeness (QED) is 0.873. The molecule has 3 rings (SSSR count). The summed E-state index contributed by atoms with van der Waals surface area (Å²) in [6, 6.07) is 0. The number of nitrogens with zero attached hydrogens (tertiary/aromatic N) is 3. The summed E-state index contributed by atoms with van der Waals surface area (Å²) in [5.41, 5.74) is 0. The molecule has 0 aromatic carbocycles. The van der Waals surface area contributed by atoms with Crippen molar-refractivity contribution in [3.8, 4) is 0 Å². The largest absolute Gasteiger partial charge is 0.359 e. The summed E-state index contributed by atoms with van der Waals surface area (Å²) in [6.45, 7) is 4.67. The molecule has 2 aliphatic rings. The molecule has 1 saturated carbocycles. The lowest BCUT2D eigenvalue weighted by molar-refractivity contribution is 0.237. The van der Waals surface area contributed by atoms with Gasteiger partial charge in [-0.2, -0.15) is 4.37 Å². The SMILES string of the molecule is C1CCN(CCNc2nc(C3CC3)ns2)CC1. The number of likely N-dealkylation sites (tertiary alicyclic amines) is 1. The maximum Gasteiger partial charge on any atom is 0.202 e. The molecule has 1 aromatic heterocycles. The Balaban J connectivity index is 1.40. The van der Waals surface area contributed by atoms with E-state index in [4.69, 9.17) is 0 Å². The maximum atomic E-state index is 4.53. The fraction of sp³-hybridized carbons (Fsp3) is 0.833. The van der Waals surface area contributed by atoms with Gasteiger partial charge in [0.15, 0.2) is 0 Å². The lowest BCUT2D eigenvalue weighted by atomic mass is 10.1. The van der Waals surface area contributed by atoms with Crippen LogP contribution in [0, 0.1) is 0 Å². The molecule has 0 radical (unpaired) electrons. The van der Waals surface area contributed by atoms with E-state index in [9.17, 15) is 0 Å². The second-order valence-electron chi connectivity index (χ2n) is 5.06. The Bertz CT molecular complexity index is 355. The maximum absolute atomic E-state index is 4.53. The molecule has 0 bridgehead atoms. The van der Waals surface area contributed by atoms with Crippen molar-refractivity contribution in [2.45, 2.75) is 38.0 Å². The monoisotopic (exact) mass is 252 g/mol. The molecule has 1 N–H and O–H groups in total. The van der Waals surface area contributed by atoms with Gasteiger partial charge in [-0.25, -0.2) is 4.98 Å². The molecule has 4 nitrogen and oxygen atoms in total. The van der Waals surface area contributed by atoms with Gasteiger partial charge >= 0.3 is 0 Å². The number of rotatable bonds is 5. The summed E-state index contributed by atoms with van der Waals surface area (Å²) in [5, 5.41) is 4.40. The Hall–Kier alpha value is -0.680. The zero-order valence-corrected chi connectivity index (χ0v) is 11.0. The molecular formula is C12H20N4S. The number of hydrogen-bond acceptors (Lipinski definition) is 5. The van der Waals surface area contributed by atoms with E-state index in [1.807, 2.05) is 0 Å². The standard InChI is InChI=1S/C12H20N4S/c1-2-7-16(8-3-1)9-6-13-12-14-11(15-17-12)10-4-5-10/h10H,1-9H2,(H,13,14,15). The summed E-state index contributed by atoms with van der Waals surface area (Å²) in [7, 11) is 0. The summed E-state index contributed by atoms with van der Waals surface area (Å²) < 4.78 is 4.40. The van der Waals surface area contributed by atoms with Crippen LogP contribution in [0.3, 0.4) is 0 Å². The zero-order valence-electron chi connectivity index (χ0n) is 10.2. The van der Waals surface area contributed by atoms with Crippen LogP contribution in [0.4, 0.5) is 5.13 Å². The predicted octanol–water partition coefficient (Wildman–Crippen LogP) is 2.31. The van der Waals surface area contributed by atoms with Crippen LogP contribution >= 0.6 is 11.5 Å². The van der Waals surface area contributed by atoms with E-state index in [0.29, 0.717) is 5.92 Å². The van der Waals surface area contributed by atoms with Crippen molar-refractivity contribution in [3.63, 3.8) is 0 Å². The van der Waals surface area contributed by atoms with Gasteiger partial charge < -0.3 is 10.2 Å². The number of aromatic nitrogens is 2. The van der Waals surface area contributed by atoms with Crippen LogP contribution in [0.25, 0.3) is 0 Å². The van der Waals surface area contributed by atoms with Crippen molar-refractivity contribution in [1.29, 1.82) is 0 Å². The van der Waals surface area contributed by atoms with E-state index in [0.717, 1.165) is 24.0 Å². The van der Waals surface area contributed by atoms with Gasteiger partial charge in [0, 0.05) is 30.5 Å². The third kappa shape index (κ3) is 3.16. The molecule has 1 saturated heterocycles. The third-order valence-corrected chi connectivity index (χ3v) is 4.22. The zero-order chi connectivity index (χ0) is 11.5. The topological polar surface area (TPSA) is 41.0 Å². The van der Waals surface area contributed by atoms with Gasteiger partial charge in [0.1, 0.15) is 5.82 Å². The summed E-state index contributed by atoms with van der Waals surface area (Å²) >= 11 is 1.51. The van der Waals surface area contributed by atoms with Gasteiger partial charge in [0.25, 0.3) is 0 Å². The normalized spacial score (nSPS) is 21.6. The minimum absolute atomic E-state index is 0.670. The Morgan fingerprint density at radius 2 is 2.06 bits per heavy atom. The summed E-state index contributed by atoms with van der Waals surface area (Å²) in [4.78, 5) is 7.07. The highest BCUT2D eigenvalue weighted by Gasteiger charge is 2.27. The van der Waals surface area contributed by atoms with Gasteiger partial charge in [-0.3, -0.25) is 0 Å². The number of anilines is 1. The fourth-order valence-corrected chi connectivity index (χ4v) is 2.99. The first-order valence-electron chi connectivity index (χ1n) is 6.71. The second kappa shape index (κ2) is 5.31. The minimum atomic E-state index is 0.670. The number of hydrogen-bond donors (Lipinski definition) is 1. The van der Waals surface area contributed by atoms with Gasteiger partial charge in [0.05, 0.1) is 0 Å². The van der Waals surface area contributed by atoms with E-state index in [2.05, 4.69) is 19.6 Å². The smallest absolute Gasteiger partial charge is 0.202 e. The molecule has 1 aromatic rings. The molecular weight excluding hydrogens is 232 g/mol. The lowest BCUT2D eigenvalue weighted by Gasteiger charge is -2.26. The highest BCUT2D eigenvalue weighted by atomic mass is 32.1. The predicted molar refractivity (Wildman–Crippen MR) is 70.7 cm³/mol. The summed E-state index contributed by atoms with van der Waals surface area (Å²) in [5.74, 6) is 1.74. The van der Waals surface area contributed by atoms with Crippen molar-refractivity contribution in [2.24, 2.45) is 0 Å². The molecule has 1 aliphatic carbocycles. The molecule has 0 spiro atoms. The number of piperidine rings is 1. The lowest BCUT2D eigenvalue weighted by Crippen LogP contribution is -2.33. The van der Waals surface area contributed by atoms with E-state index in [1.165, 1.54) is 56.7 Å². The van der Waals surface area contributed by atoms with Crippen molar-refractivity contribution < 1.29 is 0 Å². The van der Waals surface area contributed by atoms with Crippen molar-refractivity contribution in [3.05, 3.63) is 5.82 Å². The molecule has 17 heavy (non-hydrogen) atoms. The molecule has 1 aliphatic heterocycles. The van der Waals surface area contributed by atoms with Crippen molar-refractivity contribution in [1.82, 2.24) is 14.3 Å².